The van der Waals surface area contributed by atoms with Crippen LogP contribution < -0.4 is 5.32 Å². The van der Waals surface area contributed by atoms with Crippen molar-refractivity contribution in [2.45, 2.75) is 51.9 Å². The molecule has 7 heteroatoms. The number of amides is 3. The van der Waals surface area contributed by atoms with Gasteiger partial charge in [0, 0.05) is 10.8 Å². The highest BCUT2D eigenvalue weighted by Crippen LogP contribution is 2.37. The van der Waals surface area contributed by atoms with Crippen LogP contribution in [0.5, 0.6) is 0 Å². The number of nitrogens with one attached hydrogen (secondary N) is 1. The molecule has 24 heavy (non-hydrogen) atoms. The number of anilines is 1. The summed E-state index contributed by atoms with van der Waals surface area (Å²) >= 11 is 1.35. The van der Waals surface area contributed by atoms with Gasteiger partial charge in [0.2, 0.25) is 17.7 Å². The third-order valence-corrected chi connectivity index (χ3v) is 5.51. The van der Waals surface area contributed by atoms with E-state index in [0.717, 1.165) is 36.3 Å². The summed E-state index contributed by atoms with van der Waals surface area (Å²) in [7, 11) is 0. The molecule has 2 heterocycles. The van der Waals surface area contributed by atoms with Gasteiger partial charge >= 0.3 is 0 Å². The van der Waals surface area contributed by atoms with Gasteiger partial charge in [-0.05, 0) is 12.8 Å². The smallest absolute Gasteiger partial charge is 0.246 e. The van der Waals surface area contributed by atoms with E-state index in [9.17, 15) is 14.4 Å². The fourth-order valence-corrected chi connectivity index (χ4v) is 4.32. The lowest BCUT2D eigenvalue weighted by Crippen LogP contribution is -2.38. The van der Waals surface area contributed by atoms with E-state index >= 15 is 0 Å². The highest BCUT2D eigenvalue weighted by Gasteiger charge is 2.48. The predicted octanol–water partition coefficient (Wildman–Crippen LogP) is 2.55. The van der Waals surface area contributed by atoms with Crippen LogP contribution in [0.2, 0.25) is 0 Å². The summed E-state index contributed by atoms with van der Waals surface area (Å²) in [6.07, 6.45) is 3.48. The van der Waals surface area contributed by atoms with Crippen molar-refractivity contribution >= 4 is 34.2 Å². The molecule has 1 saturated heterocycles. The van der Waals surface area contributed by atoms with Gasteiger partial charge in [0.1, 0.15) is 6.54 Å². The van der Waals surface area contributed by atoms with E-state index in [2.05, 4.69) is 31.1 Å². The monoisotopic (exact) mass is 349 g/mol. The lowest BCUT2D eigenvalue weighted by molar-refractivity contribution is -0.142. The Kier molecular flexibility index (Phi) is 4.46. The van der Waals surface area contributed by atoms with Crippen molar-refractivity contribution in [1.29, 1.82) is 0 Å². The summed E-state index contributed by atoms with van der Waals surface area (Å²) in [5, 5.41) is 5.12. The summed E-state index contributed by atoms with van der Waals surface area (Å²) in [5.41, 5.74) is 0.818. The maximum atomic E-state index is 12.4. The van der Waals surface area contributed by atoms with Gasteiger partial charge < -0.3 is 5.32 Å². The number of imide groups is 1. The summed E-state index contributed by atoms with van der Waals surface area (Å²) in [6.45, 7) is 5.94. The van der Waals surface area contributed by atoms with Crippen molar-refractivity contribution in [3.05, 3.63) is 11.1 Å². The molecule has 0 unspecified atom stereocenters. The lowest BCUT2D eigenvalue weighted by Gasteiger charge is -2.19. The van der Waals surface area contributed by atoms with Crippen molar-refractivity contribution in [3.8, 4) is 0 Å². The molecule has 0 spiro atoms. The van der Waals surface area contributed by atoms with E-state index in [4.69, 9.17) is 0 Å². The Hall–Kier alpha value is -1.76. The first-order chi connectivity index (χ1) is 11.3. The molecule has 1 aromatic heterocycles. The molecule has 1 aromatic rings. The highest BCUT2D eigenvalue weighted by molar-refractivity contribution is 7.13. The molecule has 0 aromatic carbocycles. The van der Waals surface area contributed by atoms with E-state index < -0.39 is 0 Å². The maximum absolute atomic E-state index is 12.4. The SMILES string of the molecule is CC(C)(C)c1csc(NC(=O)CN2C(=O)[C@H]3CCCC[C@H]3C2=O)n1. The number of hydrogen-bond donors (Lipinski definition) is 1. The Balaban J connectivity index is 1.63. The third-order valence-electron chi connectivity index (χ3n) is 4.75. The topological polar surface area (TPSA) is 79.4 Å². The molecule has 1 aliphatic heterocycles. The summed E-state index contributed by atoms with van der Waals surface area (Å²) in [5.74, 6) is -1.17. The largest absolute Gasteiger partial charge is 0.300 e. The van der Waals surface area contributed by atoms with Crippen LogP contribution in [-0.4, -0.2) is 34.2 Å². The van der Waals surface area contributed by atoms with Gasteiger partial charge in [-0.1, -0.05) is 33.6 Å². The number of carbonyl (C=O) groups is 3. The summed E-state index contributed by atoms with van der Waals surface area (Å²) < 4.78 is 0. The maximum Gasteiger partial charge on any atom is 0.246 e. The number of thiazole rings is 1. The van der Waals surface area contributed by atoms with E-state index in [1.54, 1.807) is 0 Å². The quantitative estimate of drug-likeness (QED) is 0.851. The number of hydrogen-bond acceptors (Lipinski definition) is 5. The molecular weight excluding hydrogens is 326 g/mol. The van der Waals surface area contributed by atoms with Gasteiger partial charge in [-0.15, -0.1) is 11.3 Å². The zero-order valence-corrected chi connectivity index (χ0v) is 15.1. The molecule has 0 bridgehead atoms. The van der Waals surface area contributed by atoms with Crippen LogP contribution in [0.4, 0.5) is 5.13 Å². The van der Waals surface area contributed by atoms with Crippen LogP contribution >= 0.6 is 11.3 Å². The molecular formula is C17H23N3O3S. The zero-order valence-electron chi connectivity index (χ0n) is 14.3. The van der Waals surface area contributed by atoms with Crippen molar-refractivity contribution < 1.29 is 14.4 Å². The van der Waals surface area contributed by atoms with Gasteiger partial charge in [0.25, 0.3) is 0 Å². The van der Waals surface area contributed by atoms with Crippen molar-refractivity contribution in [3.63, 3.8) is 0 Å². The molecule has 2 aliphatic rings. The number of nitrogens with zero attached hydrogens (tertiary/aromatic N) is 2. The predicted molar refractivity (Wildman–Crippen MR) is 91.6 cm³/mol. The number of rotatable bonds is 3. The highest BCUT2D eigenvalue weighted by atomic mass is 32.1. The standard InChI is InChI=1S/C17H23N3O3S/c1-17(2,3)12-9-24-16(18-12)19-13(21)8-20-14(22)10-6-4-5-7-11(10)15(20)23/h9-11H,4-8H2,1-3H3,(H,18,19,21)/t10-,11+. The lowest BCUT2D eigenvalue weighted by atomic mass is 9.81. The minimum Gasteiger partial charge on any atom is -0.300 e. The van der Waals surface area contributed by atoms with Crippen molar-refractivity contribution in [1.82, 2.24) is 9.88 Å². The van der Waals surface area contributed by atoms with E-state index in [-0.39, 0.29) is 41.5 Å². The van der Waals surface area contributed by atoms with Crippen molar-refractivity contribution in [2.24, 2.45) is 11.8 Å². The van der Waals surface area contributed by atoms with Gasteiger partial charge in [-0.25, -0.2) is 4.98 Å². The fraction of sp³-hybridized carbons (Fsp3) is 0.647. The zero-order chi connectivity index (χ0) is 17.5. The van der Waals surface area contributed by atoms with E-state index in [0.29, 0.717) is 5.13 Å². The van der Waals surface area contributed by atoms with E-state index in [1.165, 1.54) is 11.3 Å². The van der Waals surface area contributed by atoms with Gasteiger partial charge in [-0.2, -0.15) is 0 Å². The normalized spacial score (nSPS) is 24.2. The van der Waals surface area contributed by atoms with Gasteiger partial charge in [-0.3, -0.25) is 19.3 Å². The first kappa shape index (κ1) is 17.1. The minimum absolute atomic E-state index is 0.0872. The second kappa shape index (κ2) is 6.27. The molecule has 1 saturated carbocycles. The minimum atomic E-state index is -0.370. The number of fused-ring (bicyclic) bond motifs is 1. The Morgan fingerprint density at radius 2 is 1.83 bits per heavy atom. The van der Waals surface area contributed by atoms with E-state index in [1.807, 2.05) is 5.38 Å². The average Bonchev–Trinajstić information content (AvgIpc) is 3.07. The molecule has 0 radical (unpaired) electrons. The Morgan fingerprint density at radius 1 is 1.25 bits per heavy atom. The van der Waals surface area contributed by atoms with Crippen LogP contribution in [0.25, 0.3) is 0 Å². The number of aromatic nitrogens is 1. The molecule has 3 rings (SSSR count). The Labute approximate surface area is 145 Å². The van der Waals surface area contributed by atoms with Gasteiger partial charge in [0.05, 0.1) is 17.5 Å². The molecule has 2 atom stereocenters. The second-order valence-electron chi connectivity index (χ2n) is 7.60. The third kappa shape index (κ3) is 3.22. The molecule has 3 amide bonds. The average molecular weight is 349 g/mol. The molecule has 1 aliphatic carbocycles. The van der Waals surface area contributed by atoms with Crippen LogP contribution in [0.3, 0.4) is 0 Å². The summed E-state index contributed by atoms with van der Waals surface area (Å²) in [6, 6.07) is 0. The molecule has 130 valence electrons. The summed E-state index contributed by atoms with van der Waals surface area (Å²) in [4.78, 5) is 42.5. The number of carbonyl (C=O) groups excluding carboxylic acids is 3. The van der Waals surface area contributed by atoms with Crippen molar-refractivity contribution in [2.75, 3.05) is 11.9 Å². The number of likely N-dealkylation sites (tertiary alicyclic amines) is 1. The first-order valence-electron chi connectivity index (χ1n) is 8.38. The molecule has 2 fully saturated rings. The molecule has 6 nitrogen and oxygen atoms in total. The Morgan fingerprint density at radius 3 is 2.33 bits per heavy atom. The first-order valence-corrected chi connectivity index (χ1v) is 9.26. The Bertz CT molecular complexity index is 653. The van der Waals surface area contributed by atoms with Gasteiger partial charge in [0.15, 0.2) is 5.13 Å². The second-order valence-corrected chi connectivity index (χ2v) is 8.45. The fourth-order valence-electron chi connectivity index (χ4n) is 3.36. The molecule has 1 N–H and O–H groups in total. The van der Waals surface area contributed by atoms with Crippen LogP contribution in [0, 0.1) is 11.8 Å². The van der Waals surface area contributed by atoms with Crippen LogP contribution in [-0.2, 0) is 19.8 Å². The van der Waals surface area contributed by atoms with Crippen LogP contribution in [0.1, 0.15) is 52.1 Å². The van der Waals surface area contributed by atoms with Crippen LogP contribution in [0.15, 0.2) is 5.38 Å².